The molecule has 0 aromatic rings. The zero-order chi connectivity index (χ0) is 14.0. The van der Waals surface area contributed by atoms with Crippen LogP contribution in [0.2, 0.25) is 0 Å². The zero-order valence-electron chi connectivity index (χ0n) is 11.0. The second-order valence-corrected chi connectivity index (χ2v) is 7.40. The number of likely N-dealkylation sites (tertiary alicyclic amines) is 1. The first-order valence-electron chi connectivity index (χ1n) is 6.53. The van der Waals surface area contributed by atoms with Crippen molar-refractivity contribution in [2.45, 2.75) is 31.7 Å². The van der Waals surface area contributed by atoms with Crippen molar-refractivity contribution in [2.24, 2.45) is 5.92 Å². The van der Waals surface area contributed by atoms with Gasteiger partial charge in [0.2, 0.25) is 5.91 Å². The molecule has 1 unspecified atom stereocenters. The molecule has 0 aromatic carbocycles. The molecule has 2 rings (SSSR count). The molecule has 0 bridgehead atoms. The van der Waals surface area contributed by atoms with Crippen LogP contribution in [0.5, 0.6) is 0 Å². The van der Waals surface area contributed by atoms with Gasteiger partial charge in [-0.25, -0.2) is 13.2 Å². The summed E-state index contributed by atoms with van der Waals surface area (Å²) >= 11 is 0. The summed E-state index contributed by atoms with van der Waals surface area (Å²) < 4.78 is 27.6. The van der Waals surface area contributed by atoms with E-state index in [1.54, 1.807) is 0 Å². The molecule has 0 radical (unpaired) electrons. The number of sulfone groups is 1. The van der Waals surface area contributed by atoms with Gasteiger partial charge in [-0.3, -0.25) is 4.79 Å². The third-order valence-corrected chi connectivity index (χ3v) is 5.61. The smallest absolute Gasteiger partial charge is 0.328 e. The molecule has 0 aromatic heterocycles. The molecule has 7 heteroatoms. The summed E-state index contributed by atoms with van der Waals surface area (Å²) in [6.07, 6.45) is 2.69. The van der Waals surface area contributed by atoms with Crippen LogP contribution in [0.4, 0.5) is 0 Å². The molecular formula is C12H19NO5S. The average molecular weight is 289 g/mol. The van der Waals surface area contributed by atoms with Gasteiger partial charge in [0.05, 0.1) is 24.5 Å². The van der Waals surface area contributed by atoms with E-state index in [1.807, 2.05) is 0 Å². The fourth-order valence-electron chi connectivity index (χ4n) is 2.80. The van der Waals surface area contributed by atoms with Crippen molar-refractivity contribution < 1.29 is 22.7 Å². The highest BCUT2D eigenvalue weighted by molar-refractivity contribution is 7.91. The van der Waals surface area contributed by atoms with Crippen molar-refractivity contribution in [2.75, 3.05) is 25.2 Å². The number of methoxy groups -OCH3 is 1. The number of rotatable bonds is 2. The summed E-state index contributed by atoms with van der Waals surface area (Å²) in [5.41, 5.74) is 0. The quantitative estimate of drug-likeness (QED) is 0.667. The van der Waals surface area contributed by atoms with E-state index in [-0.39, 0.29) is 17.4 Å². The highest BCUT2D eigenvalue weighted by Gasteiger charge is 2.40. The van der Waals surface area contributed by atoms with E-state index in [2.05, 4.69) is 0 Å². The number of hydrogen-bond donors (Lipinski definition) is 0. The first-order chi connectivity index (χ1) is 8.94. The molecule has 2 aliphatic heterocycles. The lowest BCUT2D eigenvalue weighted by molar-refractivity contribution is -0.156. The predicted molar refractivity (Wildman–Crippen MR) is 68.1 cm³/mol. The van der Waals surface area contributed by atoms with Gasteiger partial charge in [0.25, 0.3) is 0 Å². The molecule has 0 N–H and O–H groups in total. The summed E-state index contributed by atoms with van der Waals surface area (Å²) in [7, 11) is -1.78. The number of esters is 1. The molecular weight excluding hydrogens is 270 g/mol. The normalized spacial score (nSPS) is 30.1. The number of ether oxygens (including phenoxy) is 1. The summed E-state index contributed by atoms with van der Waals surface area (Å²) in [6.45, 7) is 0.509. The molecule has 2 heterocycles. The van der Waals surface area contributed by atoms with E-state index in [4.69, 9.17) is 4.74 Å². The van der Waals surface area contributed by atoms with E-state index in [0.717, 1.165) is 12.8 Å². The lowest BCUT2D eigenvalue weighted by atomic mass is 9.99. The summed E-state index contributed by atoms with van der Waals surface area (Å²) in [5.74, 6) is -1.13. The van der Waals surface area contributed by atoms with Crippen molar-refractivity contribution >= 4 is 21.7 Å². The predicted octanol–water partition coefficient (Wildman–Crippen LogP) is -0.0248. The SMILES string of the molecule is COC(=O)[C@H]1CCCCN1C(=O)C1CCS(=O)(=O)C1. The van der Waals surface area contributed by atoms with Gasteiger partial charge >= 0.3 is 5.97 Å². The van der Waals surface area contributed by atoms with Crippen LogP contribution in [0.3, 0.4) is 0 Å². The van der Waals surface area contributed by atoms with Gasteiger partial charge in [0, 0.05) is 6.54 Å². The van der Waals surface area contributed by atoms with Crippen molar-refractivity contribution in [1.82, 2.24) is 4.90 Å². The Morgan fingerprint density at radius 3 is 2.53 bits per heavy atom. The molecule has 6 nitrogen and oxygen atoms in total. The van der Waals surface area contributed by atoms with E-state index in [1.165, 1.54) is 12.0 Å². The van der Waals surface area contributed by atoms with Gasteiger partial charge in [0.1, 0.15) is 6.04 Å². The van der Waals surface area contributed by atoms with E-state index >= 15 is 0 Å². The van der Waals surface area contributed by atoms with Gasteiger partial charge in [-0.1, -0.05) is 0 Å². The first kappa shape index (κ1) is 14.3. The second-order valence-electron chi connectivity index (χ2n) is 5.17. The van der Waals surface area contributed by atoms with Gasteiger partial charge in [0.15, 0.2) is 9.84 Å². The molecule has 2 aliphatic rings. The van der Waals surface area contributed by atoms with E-state index in [0.29, 0.717) is 19.4 Å². The largest absolute Gasteiger partial charge is 0.467 e. The molecule has 0 aliphatic carbocycles. The van der Waals surface area contributed by atoms with Crippen LogP contribution in [0.15, 0.2) is 0 Å². The third-order valence-electron chi connectivity index (χ3n) is 3.84. The zero-order valence-corrected chi connectivity index (χ0v) is 11.8. The van der Waals surface area contributed by atoms with Crippen molar-refractivity contribution in [1.29, 1.82) is 0 Å². The Hall–Kier alpha value is -1.11. The van der Waals surface area contributed by atoms with Crippen LogP contribution < -0.4 is 0 Å². The molecule has 108 valence electrons. The monoisotopic (exact) mass is 289 g/mol. The van der Waals surface area contributed by atoms with E-state index in [9.17, 15) is 18.0 Å². The van der Waals surface area contributed by atoms with Gasteiger partial charge in [-0.15, -0.1) is 0 Å². The standard InChI is InChI=1S/C12H19NO5S/c1-18-12(15)10-4-2-3-6-13(10)11(14)9-5-7-19(16,17)8-9/h9-10H,2-8H2,1H3/t9?,10-/m1/s1. The molecule has 19 heavy (non-hydrogen) atoms. The summed E-state index contributed by atoms with van der Waals surface area (Å²) in [6, 6.07) is -0.547. The first-order valence-corrected chi connectivity index (χ1v) is 8.35. The van der Waals surface area contributed by atoms with Crippen LogP contribution in [-0.4, -0.2) is 56.4 Å². The minimum atomic E-state index is -3.09. The summed E-state index contributed by atoms with van der Waals surface area (Å²) in [5, 5.41) is 0. The van der Waals surface area contributed by atoms with Crippen molar-refractivity contribution in [3.8, 4) is 0 Å². The fourth-order valence-corrected chi connectivity index (χ4v) is 4.53. The minimum Gasteiger partial charge on any atom is -0.467 e. The maximum Gasteiger partial charge on any atom is 0.328 e. The minimum absolute atomic E-state index is 0.0696. The van der Waals surface area contributed by atoms with Crippen LogP contribution in [0.25, 0.3) is 0 Å². The average Bonchev–Trinajstić information content (AvgIpc) is 2.77. The van der Waals surface area contributed by atoms with Gasteiger partial charge < -0.3 is 9.64 Å². The lowest BCUT2D eigenvalue weighted by Crippen LogP contribution is -2.50. The number of nitrogens with zero attached hydrogens (tertiary/aromatic N) is 1. The highest BCUT2D eigenvalue weighted by Crippen LogP contribution is 2.25. The second kappa shape index (κ2) is 5.48. The third kappa shape index (κ3) is 3.08. The number of amides is 1. The van der Waals surface area contributed by atoms with Crippen molar-refractivity contribution in [3.05, 3.63) is 0 Å². The topological polar surface area (TPSA) is 80.8 Å². The number of hydrogen-bond acceptors (Lipinski definition) is 5. The maximum absolute atomic E-state index is 12.4. The Labute approximate surface area is 113 Å². The van der Waals surface area contributed by atoms with Crippen LogP contribution in [0, 0.1) is 5.92 Å². The fraction of sp³-hybridized carbons (Fsp3) is 0.833. The number of carbonyl (C=O) groups is 2. The lowest BCUT2D eigenvalue weighted by Gasteiger charge is -2.35. The Kier molecular flexibility index (Phi) is 4.13. The van der Waals surface area contributed by atoms with Crippen LogP contribution in [-0.2, 0) is 24.2 Å². The molecule has 0 saturated carbocycles. The Bertz CT molecular complexity index is 473. The Balaban J connectivity index is 2.10. The molecule has 2 saturated heterocycles. The number of carbonyl (C=O) groups excluding carboxylic acids is 2. The molecule has 2 atom stereocenters. The summed E-state index contributed by atoms with van der Waals surface area (Å²) in [4.78, 5) is 25.6. The van der Waals surface area contributed by atoms with Gasteiger partial charge in [-0.05, 0) is 25.7 Å². The maximum atomic E-state index is 12.4. The molecule has 1 amide bonds. The Morgan fingerprint density at radius 1 is 1.21 bits per heavy atom. The highest BCUT2D eigenvalue weighted by atomic mass is 32.2. The van der Waals surface area contributed by atoms with Crippen LogP contribution in [0.1, 0.15) is 25.7 Å². The van der Waals surface area contributed by atoms with Crippen molar-refractivity contribution in [3.63, 3.8) is 0 Å². The van der Waals surface area contributed by atoms with Gasteiger partial charge in [-0.2, -0.15) is 0 Å². The Morgan fingerprint density at radius 2 is 1.95 bits per heavy atom. The van der Waals surface area contributed by atoms with E-state index < -0.39 is 27.8 Å². The number of piperidine rings is 1. The molecule has 0 spiro atoms. The molecule has 2 fully saturated rings. The van der Waals surface area contributed by atoms with Crippen LogP contribution >= 0.6 is 0 Å².